The molecule has 3 saturated heterocycles. The van der Waals surface area contributed by atoms with Gasteiger partial charge in [-0.05, 0) is 46.6 Å². The summed E-state index contributed by atoms with van der Waals surface area (Å²) < 4.78 is 115. The van der Waals surface area contributed by atoms with Gasteiger partial charge in [0.05, 0.1) is 25.7 Å². The molecule has 6 aliphatic heterocycles. The third kappa shape index (κ3) is 12.8. The summed E-state index contributed by atoms with van der Waals surface area (Å²) >= 11 is -9.55. The molecule has 4 aromatic carbocycles. The normalized spacial score (nSPS) is 22.7. The third-order valence-electron chi connectivity index (χ3n) is 21.2. The van der Waals surface area contributed by atoms with Crippen LogP contribution < -0.4 is 28.3 Å². The van der Waals surface area contributed by atoms with Crippen molar-refractivity contribution in [3.63, 3.8) is 0 Å². The van der Waals surface area contributed by atoms with E-state index in [1.807, 2.05) is 95.2 Å². The summed E-state index contributed by atoms with van der Waals surface area (Å²) in [5, 5.41) is 10.9. The van der Waals surface area contributed by atoms with E-state index in [-0.39, 0.29) is 36.6 Å². The van der Waals surface area contributed by atoms with E-state index in [4.69, 9.17) is 44.3 Å². The van der Waals surface area contributed by atoms with Gasteiger partial charge < -0.3 is 9.05 Å². The number of sulfonamides is 1. The van der Waals surface area contributed by atoms with Gasteiger partial charge in [0, 0.05) is 18.6 Å². The fourth-order valence-corrected chi connectivity index (χ4v) is 35.6. The number of hydrogen-bond acceptors (Lipinski definition) is 16. The maximum absolute atomic E-state index is 14.9. The second-order valence-electron chi connectivity index (χ2n) is 30.6. The van der Waals surface area contributed by atoms with Crippen LogP contribution in [0, 0.1) is 11.3 Å². The number of fused-ring (bicyclic) bond motifs is 4. The van der Waals surface area contributed by atoms with E-state index < -0.39 is 91.7 Å². The first-order chi connectivity index (χ1) is 44.2. The van der Waals surface area contributed by atoms with E-state index in [1.165, 1.54) is 0 Å². The van der Waals surface area contributed by atoms with Crippen molar-refractivity contribution >= 4 is 83.7 Å². The molecule has 18 nitrogen and oxygen atoms in total. The van der Waals surface area contributed by atoms with Crippen LogP contribution >= 0.6 is 8.53 Å². The van der Waals surface area contributed by atoms with E-state index in [9.17, 15) is 13.7 Å². The van der Waals surface area contributed by atoms with Crippen molar-refractivity contribution in [1.29, 1.82) is 5.26 Å². The molecule has 6 heterocycles. The Balaban J connectivity index is 0.980. The Morgan fingerprint density at radius 3 is 1.97 bits per heavy atom. The van der Waals surface area contributed by atoms with Crippen LogP contribution in [0.2, 0.25) is 0 Å². The van der Waals surface area contributed by atoms with Crippen molar-refractivity contribution in [2.24, 2.45) is 0 Å². The van der Waals surface area contributed by atoms with Gasteiger partial charge in [0.25, 0.3) is 8.53 Å². The van der Waals surface area contributed by atoms with E-state index in [0.717, 1.165) is 71.6 Å². The Bertz CT molecular complexity index is 4040. The molecule has 0 saturated carbocycles. The van der Waals surface area contributed by atoms with E-state index >= 15 is 0 Å². The van der Waals surface area contributed by atoms with Crippen LogP contribution in [0.4, 0.5) is 17.1 Å². The van der Waals surface area contributed by atoms with Crippen LogP contribution in [0.15, 0.2) is 106 Å². The van der Waals surface area contributed by atoms with Crippen molar-refractivity contribution in [1.82, 2.24) is 14.0 Å². The number of nitrogens with zero attached hydrogens (tertiary/aromatic N) is 4. The molecule has 11 rings (SSSR count). The van der Waals surface area contributed by atoms with Crippen LogP contribution in [0.1, 0.15) is 169 Å². The summed E-state index contributed by atoms with van der Waals surface area (Å²) in [6, 6.07) is 35.1. The number of anilines is 2. The monoisotopic (exact) mass is 1470 g/mol. The van der Waals surface area contributed by atoms with Gasteiger partial charge in [0.15, 0.2) is 0 Å². The first-order valence-corrected chi connectivity index (χ1v) is 43.9. The van der Waals surface area contributed by atoms with E-state index in [1.54, 1.807) is 19.2 Å². The van der Waals surface area contributed by atoms with E-state index in [0.29, 0.717) is 49.4 Å². The molecule has 0 amide bonds. The van der Waals surface area contributed by atoms with Gasteiger partial charge in [0.2, 0.25) is 10.0 Å². The molecule has 1 spiro atoms. The standard InChI is InChI=1S/C73H103As2N5O13PS/c1-49(2)80(50(3)4)94(85-44-26-39-76)84-43-25-24-40-77-95(81,82)64-28-23-22-27-59(64)65-57-33-31-55(78-41-37-51-45-53(29-35-60(51)78)74(87-67(7,8)66(5,6)83-21)88-68(9,10)69(11,12)89-74)47-62(57)86-63-48-56(32-34-58(63)65)79-42-38-52-46-54(30-36-61(52)79)75(90-70(13,14)71(15,16)91-75)92-72(17,18)73(19,20)93-75/h22-23,27-36,45-50,74,77H,24-26,37-38,40-44H2,1-21H3/q+1. The Morgan fingerprint density at radius 1 is 0.716 bits per heavy atom. The fraction of sp³-hybridized carbons (Fsp3) is 0.562. The molecule has 4 aromatic rings. The summed E-state index contributed by atoms with van der Waals surface area (Å²) in [6.45, 7) is 43.5. The zero-order valence-electron chi connectivity index (χ0n) is 59.9. The molecule has 0 aromatic heterocycles. The number of rotatable bonds is 22. The van der Waals surface area contributed by atoms with Crippen molar-refractivity contribution in [2.45, 2.75) is 232 Å². The third-order valence-corrected chi connectivity index (χ3v) is 40.7. The summed E-state index contributed by atoms with van der Waals surface area (Å²) in [7, 11) is -3.80. The fourth-order valence-electron chi connectivity index (χ4n) is 13.3. The Labute approximate surface area is 571 Å². The second-order valence-corrected chi connectivity index (χ2v) is 44.6. The SMILES string of the molecule is COC(C)(C)C(C)(C)O[AsH]1(c2ccc3c(c2)CC[N+]3=c2ccc3c(-c4ccccc4S(=O)(=O)NCCCCOP(OCCC#N)N(C(C)C)C(C)C)c4ccc(N5CCc6cc([As]78(OC(C)(C)C(C)(C)O7)OC(C)(C)C(C)(C)O8)ccc65)cc4oc-3c2)OC(C)(C)C(C)(C)O1. The number of ether oxygens (including phenoxy) is 1. The van der Waals surface area contributed by atoms with Gasteiger partial charge in [0.1, 0.15) is 0 Å². The Hall–Kier alpha value is -4.12. The summed E-state index contributed by atoms with van der Waals surface area (Å²) in [4.78, 5) is 2.46. The van der Waals surface area contributed by atoms with Gasteiger partial charge in [-0.25, -0.2) is 17.8 Å². The van der Waals surface area contributed by atoms with Crippen molar-refractivity contribution in [3.05, 3.63) is 114 Å². The molecule has 1 aliphatic carbocycles. The summed E-state index contributed by atoms with van der Waals surface area (Å²) in [5.41, 5.74) is 2.29. The van der Waals surface area contributed by atoms with Gasteiger partial charge in [-0.1, -0.05) is 12.1 Å². The molecule has 22 heteroatoms. The van der Waals surface area contributed by atoms with Crippen LogP contribution in [-0.2, 0) is 62.7 Å². The summed E-state index contributed by atoms with van der Waals surface area (Å²) in [6.07, 6.45) is 2.87. The first-order valence-electron chi connectivity index (χ1n) is 33.7. The molecule has 7 aliphatic rings. The predicted molar refractivity (Wildman–Crippen MR) is 380 cm³/mol. The molecular weight excluding hydrogens is 1370 g/mol. The van der Waals surface area contributed by atoms with Crippen LogP contribution in [0.25, 0.3) is 33.4 Å². The van der Waals surface area contributed by atoms with E-state index in [2.05, 4.69) is 153 Å². The predicted octanol–water partition coefficient (Wildman–Crippen LogP) is 13.4. The molecule has 0 radical (unpaired) electrons. The zero-order chi connectivity index (χ0) is 69.1. The zero-order valence-corrected chi connectivity index (χ0v) is 65.5. The first kappa shape index (κ1) is 72.1. The second kappa shape index (κ2) is 25.2. The molecule has 1 atom stereocenters. The Morgan fingerprint density at radius 2 is 1.35 bits per heavy atom. The van der Waals surface area contributed by atoms with Crippen molar-refractivity contribution < 1.29 is 52.7 Å². The number of nitrogens with one attached hydrogen (secondary N) is 1. The van der Waals surface area contributed by atoms with Gasteiger partial charge >= 0.3 is 421 Å². The summed E-state index contributed by atoms with van der Waals surface area (Å²) in [5.74, 6) is 0.590. The number of nitriles is 1. The van der Waals surface area contributed by atoms with Crippen LogP contribution in [0.3, 0.4) is 0 Å². The molecule has 0 bridgehead atoms. The minimum absolute atomic E-state index is 0.152. The molecule has 1 N–H and O–H groups in total. The molecule has 3 fully saturated rings. The number of benzene rings is 5. The molecule has 518 valence electrons. The van der Waals surface area contributed by atoms with Gasteiger partial charge in [-0.15, -0.1) is 0 Å². The average Bonchev–Trinajstić information content (AvgIpc) is 1.50. The molecule has 95 heavy (non-hydrogen) atoms. The minimum atomic E-state index is -5.22. The number of methoxy groups -OCH3 is 1. The van der Waals surface area contributed by atoms with Crippen molar-refractivity contribution in [3.8, 4) is 28.5 Å². The molecule has 1 unspecified atom stereocenters. The number of hydrogen-bond donors (Lipinski definition) is 1. The Kier molecular flexibility index (Phi) is 19.1. The van der Waals surface area contributed by atoms with Crippen LogP contribution in [0.5, 0.6) is 0 Å². The quantitative estimate of drug-likeness (QED) is 0.0222. The van der Waals surface area contributed by atoms with Gasteiger partial charge in [-0.3, -0.25) is 0 Å². The average molecular weight is 1470 g/mol. The maximum atomic E-state index is 14.9. The van der Waals surface area contributed by atoms with Crippen molar-refractivity contribution in [2.75, 3.05) is 44.9 Å². The van der Waals surface area contributed by atoms with Crippen LogP contribution in [-0.4, -0.2) is 138 Å². The topological polar surface area (TPSA) is 185 Å². The number of unbranched alkanes of at least 4 members (excludes halogenated alkanes) is 1. The molecular formula is C73H103As2N5O13PS+. The van der Waals surface area contributed by atoms with Gasteiger partial charge in [-0.2, -0.15) is 5.26 Å².